The van der Waals surface area contributed by atoms with Crippen LogP contribution in [0, 0.1) is 0 Å². The van der Waals surface area contributed by atoms with E-state index in [0.717, 1.165) is 38.9 Å². The minimum Gasteiger partial charge on any atom is -0.480 e. The Morgan fingerprint density at radius 3 is 2.40 bits per heavy atom. The Morgan fingerprint density at radius 1 is 1.35 bits per heavy atom. The van der Waals surface area contributed by atoms with Gasteiger partial charge in [0.05, 0.1) is 6.10 Å². The summed E-state index contributed by atoms with van der Waals surface area (Å²) in [5, 5.41) is 23.2. The fourth-order valence-corrected chi connectivity index (χ4v) is 2.37. The van der Waals surface area contributed by atoms with Crippen molar-refractivity contribution in [1.29, 1.82) is 0 Å². The summed E-state index contributed by atoms with van der Waals surface area (Å²) in [7, 11) is 0. The molecule has 1 saturated heterocycles. The highest BCUT2D eigenvalue weighted by Gasteiger charge is 2.26. The van der Waals surface area contributed by atoms with Gasteiger partial charge in [-0.1, -0.05) is 6.92 Å². The van der Waals surface area contributed by atoms with Gasteiger partial charge >= 0.3 is 12.0 Å². The molecule has 20 heavy (non-hydrogen) atoms. The minimum atomic E-state index is -1.28. The molecule has 1 heterocycles. The van der Waals surface area contributed by atoms with Crippen molar-refractivity contribution in [1.82, 2.24) is 15.5 Å². The van der Waals surface area contributed by atoms with Crippen LogP contribution in [0.4, 0.5) is 4.79 Å². The summed E-state index contributed by atoms with van der Waals surface area (Å²) in [6.45, 7) is 6.43. The Morgan fingerprint density at radius 2 is 1.95 bits per heavy atom. The maximum atomic E-state index is 11.7. The van der Waals surface area contributed by atoms with Gasteiger partial charge in [-0.2, -0.15) is 0 Å². The van der Waals surface area contributed by atoms with Crippen molar-refractivity contribution in [2.24, 2.45) is 0 Å². The molecular weight excluding hydrogens is 262 g/mol. The number of carboxylic acid groups (broad SMARTS) is 1. The number of likely N-dealkylation sites (tertiary alicyclic amines) is 1. The van der Waals surface area contributed by atoms with E-state index in [1.807, 2.05) is 0 Å². The summed E-state index contributed by atoms with van der Waals surface area (Å²) in [6.07, 6.45) is 1.71. The van der Waals surface area contributed by atoms with Gasteiger partial charge in [-0.15, -0.1) is 0 Å². The number of hydrogen-bond acceptors (Lipinski definition) is 4. The van der Waals surface area contributed by atoms with Gasteiger partial charge in [-0.25, -0.2) is 9.59 Å². The average molecular weight is 287 g/mol. The number of nitrogens with zero attached hydrogens (tertiary/aromatic N) is 1. The van der Waals surface area contributed by atoms with Crippen molar-refractivity contribution >= 4 is 12.0 Å². The van der Waals surface area contributed by atoms with Crippen LogP contribution >= 0.6 is 0 Å². The monoisotopic (exact) mass is 287 g/mol. The van der Waals surface area contributed by atoms with Crippen LogP contribution in [0.1, 0.15) is 33.1 Å². The van der Waals surface area contributed by atoms with Crippen molar-refractivity contribution < 1.29 is 19.8 Å². The molecular formula is C13H25N3O4. The van der Waals surface area contributed by atoms with Gasteiger partial charge in [0.1, 0.15) is 0 Å². The number of rotatable bonds is 6. The van der Waals surface area contributed by atoms with E-state index in [-0.39, 0.29) is 6.04 Å². The maximum absolute atomic E-state index is 11.7. The summed E-state index contributed by atoms with van der Waals surface area (Å²) in [5.41, 5.74) is 0. The van der Waals surface area contributed by atoms with Gasteiger partial charge in [-0.05, 0) is 32.7 Å². The van der Waals surface area contributed by atoms with Gasteiger partial charge in [-0.3, -0.25) is 0 Å². The molecule has 4 N–H and O–H groups in total. The number of amides is 2. The largest absolute Gasteiger partial charge is 0.480 e. The lowest BCUT2D eigenvalue weighted by molar-refractivity contribution is -0.141. The average Bonchev–Trinajstić information content (AvgIpc) is 2.38. The Hall–Kier alpha value is -1.34. The second kappa shape index (κ2) is 8.06. The van der Waals surface area contributed by atoms with Gasteiger partial charge in [0.25, 0.3) is 0 Å². The third kappa shape index (κ3) is 5.34. The lowest BCUT2D eigenvalue weighted by Gasteiger charge is -2.32. The standard InChI is InChI=1S/C13H25N3O4/c1-3-6-16-7-4-10(5-8-16)14-13(20)15-11(9(2)17)12(18)19/h9-11,17H,3-8H2,1-2H3,(H,18,19)(H2,14,15,20)/t9-,11+/m1/s1. The molecule has 0 unspecified atom stereocenters. The van der Waals surface area contributed by atoms with E-state index in [1.54, 1.807) is 0 Å². The Labute approximate surface area is 119 Å². The number of nitrogens with one attached hydrogen (secondary N) is 2. The van der Waals surface area contributed by atoms with E-state index in [4.69, 9.17) is 5.11 Å². The van der Waals surface area contributed by atoms with Crippen LogP contribution < -0.4 is 10.6 Å². The van der Waals surface area contributed by atoms with Crippen molar-refractivity contribution in [3.8, 4) is 0 Å². The molecule has 1 rings (SSSR count). The van der Waals surface area contributed by atoms with Gasteiger partial charge in [0, 0.05) is 19.1 Å². The molecule has 0 aliphatic carbocycles. The Balaban J connectivity index is 2.34. The van der Waals surface area contributed by atoms with Crippen molar-refractivity contribution in [3.05, 3.63) is 0 Å². The first-order valence-electron chi connectivity index (χ1n) is 7.14. The number of hydrogen-bond donors (Lipinski definition) is 4. The minimum absolute atomic E-state index is 0.0616. The molecule has 0 aromatic rings. The van der Waals surface area contributed by atoms with Crippen LogP contribution in [0.15, 0.2) is 0 Å². The zero-order valence-corrected chi connectivity index (χ0v) is 12.1. The second-order valence-corrected chi connectivity index (χ2v) is 5.29. The van der Waals surface area contributed by atoms with Gasteiger partial charge < -0.3 is 25.7 Å². The van der Waals surface area contributed by atoms with Crippen molar-refractivity contribution in [2.45, 2.75) is 51.3 Å². The molecule has 2 amide bonds. The summed E-state index contributed by atoms with van der Waals surface area (Å²) >= 11 is 0. The van der Waals surface area contributed by atoms with Crippen LogP contribution in [0.2, 0.25) is 0 Å². The number of piperidine rings is 1. The summed E-state index contributed by atoms with van der Waals surface area (Å²) in [5.74, 6) is -1.24. The van der Waals surface area contributed by atoms with Crippen molar-refractivity contribution in [3.63, 3.8) is 0 Å². The molecule has 0 saturated carbocycles. The molecule has 0 spiro atoms. The van der Waals surface area contributed by atoms with Crippen LogP contribution in [0.3, 0.4) is 0 Å². The lowest BCUT2D eigenvalue weighted by atomic mass is 10.1. The third-order valence-electron chi connectivity index (χ3n) is 3.50. The van der Waals surface area contributed by atoms with E-state index in [0.29, 0.717) is 0 Å². The van der Waals surface area contributed by atoms with Gasteiger partial charge in [0.15, 0.2) is 6.04 Å². The molecule has 0 aromatic carbocycles. The van der Waals surface area contributed by atoms with Crippen LogP contribution in [0.25, 0.3) is 0 Å². The van der Waals surface area contributed by atoms with E-state index >= 15 is 0 Å². The number of aliphatic carboxylic acids is 1. The summed E-state index contributed by atoms with van der Waals surface area (Å²) in [6, 6.07) is -1.76. The number of aliphatic hydroxyl groups is 1. The maximum Gasteiger partial charge on any atom is 0.328 e. The lowest BCUT2D eigenvalue weighted by Crippen LogP contribution is -2.54. The molecule has 7 heteroatoms. The first-order chi connectivity index (χ1) is 9.43. The second-order valence-electron chi connectivity index (χ2n) is 5.29. The zero-order chi connectivity index (χ0) is 15.1. The first-order valence-corrected chi connectivity index (χ1v) is 7.14. The quantitative estimate of drug-likeness (QED) is 0.550. The van der Waals surface area contributed by atoms with Gasteiger partial charge in [0.2, 0.25) is 0 Å². The number of aliphatic hydroxyl groups excluding tert-OH is 1. The molecule has 2 atom stereocenters. The topological polar surface area (TPSA) is 102 Å². The predicted octanol–water partition coefficient (Wildman–Crippen LogP) is -0.00600. The highest BCUT2D eigenvalue weighted by atomic mass is 16.4. The molecule has 7 nitrogen and oxygen atoms in total. The number of carbonyl (C=O) groups is 2. The first kappa shape index (κ1) is 16.7. The molecule has 116 valence electrons. The number of carbonyl (C=O) groups excluding carboxylic acids is 1. The third-order valence-corrected chi connectivity index (χ3v) is 3.50. The van der Waals surface area contributed by atoms with E-state index < -0.39 is 24.1 Å². The van der Waals surface area contributed by atoms with Crippen molar-refractivity contribution in [2.75, 3.05) is 19.6 Å². The summed E-state index contributed by atoms with van der Waals surface area (Å²) in [4.78, 5) is 25.0. The fraction of sp³-hybridized carbons (Fsp3) is 0.846. The summed E-state index contributed by atoms with van der Waals surface area (Å²) < 4.78 is 0. The fourth-order valence-electron chi connectivity index (χ4n) is 2.37. The molecule has 0 aromatic heterocycles. The van der Waals surface area contributed by atoms with Crippen LogP contribution in [-0.2, 0) is 4.79 Å². The SMILES string of the molecule is CCCN1CCC(NC(=O)N[C@H](C(=O)O)[C@@H](C)O)CC1. The highest BCUT2D eigenvalue weighted by Crippen LogP contribution is 2.10. The highest BCUT2D eigenvalue weighted by molar-refractivity contribution is 5.83. The predicted molar refractivity (Wildman–Crippen MR) is 74.5 cm³/mol. The molecule has 0 radical (unpaired) electrons. The normalized spacial score (nSPS) is 20.1. The molecule has 0 bridgehead atoms. The number of urea groups is 1. The van der Waals surface area contributed by atoms with E-state index in [2.05, 4.69) is 22.5 Å². The van der Waals surface area contributed by atoms with Crippen LogP contribution in [-0.4, -0.2) is 64.9 Å². The molecule has 1 aliphatic rings. The van der Waals surface area contributed by atoms with E-state index in [1.165, 1.54) is 6.92 Å². The zero-order valence-electron chi connectivity index (χ0n) is 12.1. The van der Waals surface area contributed by atoms with Crippen LogP contribution in [0.5, 0.6) is 0 Å². The Bertz CT molecular complexity index is 328. The molecule has 1 aliphatic heterocycles. The smallest absolute Gasteiger partial charge is 0.328 e. The van der Waals surface area contributed by atoms with E-state index in [9.17, 15) is 14.7 Å². The molecule has 1 fully saturated rings. The Kier molecular flexibility index (Phi) is 6.74. The number of carboxylic acids is 1.